The Morgan fingerprint density at radius 2 is 1.90 bits per heavy atom. The predicted octanol–water partition coefficient (Wildman–Crippen LogP) is 1.97. The molecule has 1 atom stereocenters. The summed E-state index contributed by atoms with van der Waals surface area (Å²) in [4.78, 5) is 11.2. The van der Waals surface area contributed by atoms with E-state index < -0.39 is 11.5 Å². The second-order valence-corrected chi connectivity index (χ2v) is 6.00. The fourth-order valence-electron chi connectivity index (χ4n) is 2.14. The first-order valence-electron chi connectivity index (χ1n) is 7.07. The van der Waals surface area contributed by atoms with Gasteiger partial charge in [0.2, 0.25) is 5.91 Å². The van der Waals surface area contributed by atoms with Crippen LogP contribution in [-0.4, -0.2) is 24.1 Å². The standard InChI is InChI=1S/C17H22N2O2/c1-17(2,16(18)21)11-19-10-15(20)14-8-7-12-5-3-4-6-13(12)9-14/h3-9,15,19-20H,10-11H2,1-2H3,(H2,18,21). The molecule has 0 spiro atoms. The highest BCUT2D eigenvalue weighted by Gasteiger charge is 2.24. The molecule has 0 saturated heterocycles. The van der Waals surface area contributed by atoms with Crippen molar-refractivity contribution in [3.63, 3.8) is 0 Å². The van der Waals surface area contributed by atoms with Gasteiger partial charge in [-0.25, -0.2) is 0 Å². The SMILES string of the molecule is CC(C)(CNCC(O)c1ccc2ccccc2c1)C(N)=O. The molecule has 0 heterocycles. The fraction of sp³-hybridized carbons (Fsp3) is 0.353. The molecule has 0 aliphatic rings. The van der Waals surface area contributed by atoms with E-state index in [9.17, 15) is 9.90 Å². The Hall–Kier alpha value is -1.91. The maximum absolute atomic E-state index is 11.2. The van der Waals surface area contributed by atoms with Crippen molar-refractivity contribution >= 4 is 16.7 Å². The van der Waals surface area contributed by atoms with Crippen molar-refractivity contribution in [2.24, 2.45) is 11.1 Å². The molecule has 21 heavy (non-hydrogen) atoms. The highest BCUT2D eigenvalue weighted by molar-refractivity contribution is 5.83. The van der Waals surface area contributed by atoms with Gasteiger partial charge < -0.3 is 16.2 Å². The quantitative estimate of drug-likeness (QED) is 0.760. The van der Waals surface area contributed by atoms with E-state index in [0.717, 1.165) is 16.3 Å². The van der Waals surface area contributed by atoms with Crippen molar-refractivity contribution in [2.75, 3.05) is 13.1 Å². The van der Waals surface area contributed by atoms with Crippen molar-refractivity contribution in [3.05, 3.63) is 48.0 Å². The van der Waals surface area contributed by atoms with Crippen LogP contribution in [0, 0.1) is 5.41 Å². The number of carbonyl (C=O) groups is 1. The second-order valence-electron chi connectivity index (χ2n) is 6.00. The van der Waals surface area contributed by atoms with Gasteiger partial charge in [0.15, 0.2) is 0 Å². The number of nitrogens with one attached hydrogen (secondary N) is 1. The molecule has 0 saturated carbocycles. The molecule has 4 N–H and O–H groups in total. The predicted molar refractivity (Wildman–Crippen MR) is 84.8 cm³/mol. The molecule has 0 radical (unpaired) electrons. The summed E-state index contributed by atoms with van der Waals surface area (Å²) in [6, 6.07) is 13.9. The highest BCUT2D eigenvalue weighted by atomic mass is 16.3. The topological polar surface area (TPSA) is 75.3 Å². The lowest BCUT2D eigenvalue weighted by Crippen LogP contribution is -2.41. The van der Waals surface area contributed by atoms with Crippen LogP contribution in [0.15, 0.2) is 42.5 Å². The van der Waals surface area contributed by atoms with E-state index in [-0.39, 0.29) is 5.91 Å². The van der Waals surface area contributed by atoms with Crippen LogP contribution in [0.2, 0.25) is 0 Å². The number of aliphatic hydroxyl groups excluding tert-OH is 1. The zero-order valence-corrected chi connectivity index (χ0v) is 12.5. The van der Waals surface area contributed by atoms with Gasteiger partial charge in [-0.05, 0) is 36.2 Å². The Bertz CT molecular complexity index is 637. The molecule has 0 aliphatic carbocycles. The Kier molecular flexibility index (Phi) is 4.60. The van der Waals surface area contributed by atoms with Crippen LogP contribution in [-0.2, 0) is 4.79 Å². The van der Waals surface area contributed by atoms with E-state index in [0.29, 0.717) is 13.1 Å². The van der Waals surface area contributed by atoms with Crippen molar-refractivity contribution in [3.8, 4) is 0 Å². The molecule has 4 nitrogen and oxygen atoms in total. The number of amides is 1. The molecule has 0 aliphatic heterocycles. The number of hydrogen-bond donors (Lipinski definition) is 3. The number of primary amides is 1. The summed E-state index contributed by atoms with van der Waals surface area (Å²) in [6.45, 7) is 4.39. The lowest BCUT2D eigenvalue weighted by atomic mass is 9.92. The number of fused-ring (bicyclic) bond motifs is 1. The van der Waals surface area contributed by atoms with Gasteiger partial charge in [-0.15, -0.1) is 0 Å². The van der Waals surface area contributed by atoms with Crippen LogP contribution in [0.1, 0.15) is 25.5 Å². The third kappa shape index (κ3) is 3.80. The fourth-order valence-corrected chi connectivity index (χ4v) is 2.14. The van der Waals surface area contributed by atoms with E-state index in [1.54, 1.807) is 13.8 Å². The molecule has 0 fully saturated rings. The van der Waals surface area contributed by atoms with E-state index in [4.69, 9.17) is 5.73 Å². The minimum absolute atomic E-state index is 0.352. The molecule has 0 aromatic heterocycles. The van der Waals surface area contributed by atoms with Gasteiger partial charge in [0.05, 0.1) is 11.5 Å². The molecule has 4 heteroatoms. The summed E-state index contributed by atoms with van der Waals surface area (Å²) < 4.78 is 0. The highest BCUT2D eigenvalue weighted by Crippen LogP contribution is 2.20. The third-order valence-corrected chi connectivity index (χ3v) is 3.73. The van der Waals surface area contributed by atoms with Crippen molar-refractivity contribution < 1.29 is 9.90 Å². The first-order chi connectivity index (χ1) is 9.90. The summed E-state index contributed by atoms with van der Waals surface area (Å²) in [5, 5.41) is 15.6. The van der Waals surface area contributed by atoms with Crippen LogP contribution in [0.4, 0.5) is 0 Å². The smallest absolute Gasteiger partial charge is 0.224 e. The van der Waals surface area contributed by atoms with Crippen molar-refractivity contribution in [1.29, 1.82) is 0 Å². The minimum Gasteiger partial charge on any atom is -0.387 e. The molecule has 2 aromatic rings. The number of rotatable bonds is 6. The molecule has 2 rings (SSSR count). The van der Waals surface area contributed by atoms with Gasteiger partial charge in [0, 0.05) is 13.1 Å². The van der Waals surface area contributed by atoms with Crippen molar-refractivity contribution in [2.45, 2.75) is 20.0 Å². The van der Waals surface area contributed by atoms with Crippen molar-refractivity contribution in [1.82, 2.24) is 5.32 Å². The molecule has 112 valence electrons. The minimum atomic E-state index is -0.622. The number of hydrogen-bond acceptors (Lipinski definition) is 3. The van der Waals surface area contributed by atoms with Crippen LogP contribution in [0.3, 0.4) is 0 Å². The summed E-state index contributed by atoms with van der Waals surface area (Å²) in [5.74, 6) is -0.352. The first-order valence-corrected chi connectivity index (χ1v) is 7.07. The number of aliphatic hydroxyl groups is 1. The molecule has 1 unspecified atom stereocenters. The average molecular weight is 286 g/mol. The largest absolute Gasteiger partial charge is 0.387 e. The first kappa shape index (κ1) is 15.5. The normalized spacial score (nSPS) is 13.3. The van der Waals surface area contributed by atoms with Crippen LogP contribution in [0.5, 0.6) is 0 Å². The monoisotopic (exact) mass is 286 g/mol. The lowest BCUT2D eigenvalue weighted by Gasteiger charge is -2.22. The Labute approximate surface area is 125 Å². The van der Waals surface area contributed by atoms with E-state index in [1.165, 1.54) is 0 Å². The van der Waals surface area contributed by atoms with Gasteiger partial charge in [-0.1, -0.05) is 36.4 Å². The Morgan fingerprint density at radius 1 is 1.24 bits per heavy atom. The van der Waals surface area contributed by atoms with Gasteiger partial charge in [0.25, 0.3) is 0 Å². The molecular weight excluding hydrogens is 264 g/mol. The van der Waals surface area contributed by atoms with Crippen LogP contribution < -0.4 is 11.1 Å². The molecule has 0 bridgehead atoms. The van der Waals surface area contributed by atoms with E-state index in [1.807, 2.05) is 42.5 Å². The maximum atomic E-state index is 11.2. The van der Waals surface area contributed by atoms with E-state index in [2.05, 4.69) is 5.32 Å². The summed E-state index contributed by atoms with van der Waals surface area (Å²) in [5.41, 5.74) is 5.56. The molecular formula is C17H22N2O2. The zero-order valence-electron chi connectivity index (χ0n) is 12.5. The van der Waals surface area contributed by atoms with E-state index >= 15 is 0 Å². The Morgan fingerprint density at radius 3 is 2.57 bits per heavy atom. The summed E-state index contributed by atoms with van der Waals surface area (Å²) in [7, 11) is 0. The average Bonchev–Trinajstić information content (AvgIpc) is 2.46. The van der Waals surface area contributed by atoms with Gasteiger partial charge in [0.1, 0.15) is 0 Å². The zero-order chi connectivity index (χ0) is 15.5. The second kappa shape index (κ2) is 6.24. The molecule has 2 aromatic carbocycles. The van der Waals surface area contributed by atoms with Crippen LogP contribution >= 0.6 is 0 Å². The van der Waals surface area contributed by atoms with Gasteiger partial charge in [-0.3, -0.25) is 4.79 Å². The summed E-state index contributed by atoms with van der Waals surface area (Å²) >= 11 is 0. The maximum Gasteiger partial charge on any atom is 0.224 e. The Balaban J connectivity index is 1.99. The third-order valence-electron chi connectivity index (χ3n) is 3.73. The lowest BCUT2D eigenvalue weighted by molar-refractivity contribution is -0.125. The van der Waals surface area contributed by atoms with Crippen LogP contribution in [0.25, 0.3) is 10.8 Å². The summed E-state index contributed by atoms with van der Waals surface area (Å²) in [6.07, 6.45) is -0.613. The number of carbonyl (C=O) groups excluding carboxylic acids is 1. The number of benzene rings is 2. The molecule has 1 amide bonds. The van der Waals surface area contributed by atoms with Gasteiger partial charge >= 0.3 is 0 Å². The van der Waals surface area contributed by atoms with Gasteiger partial charge in [-0.2, -0.15) is 0 Å². The number of nitrogens with two attached hydrogens (primary N) is 1.